The van der Waals surface area contributed by atoms with Gasteiger partial charge in [0.1, 0.15) is 5.75 Å². The highest BCUT2D eigenvalue weighted by Gasteiger charge is 2.40. The van der Waals surface area contributed by atoms with Crippen LogP contribution in [0.1, 0.15) is 29.9 Å². The molecule has 1 fully saturated rings. The van der Waals surface area contributed by atoms with E-state index >= 15 is 0 Å². The lowest BCUT2D eigenvalue weighted by Gasteiger charge is -2.31. The molecule has 2 aromatic carbocycles. The van der Waals surface area contributed by atoms with Crippen LogP contribution in [-0.4, -0.2) is 28.8 Å². The predicted octanol–water partition coefficient (Wildman–Crippen LogP) is 2.42. The lowest BCUT2D eigenvalue weighted by Crippen LogP contribution is -2.41. The van der Waals surface area contributed by atoms with Crippen molar-refractivity contribution in [3.63, 3.8) is 0 Å². The van der Waals surface area contributed by atoms with E-state index in [4.69, 9.17) is 4.74 Å². The summed E-state index contributed by atoms with van der Waals surface area (Å²) < 4.78 is 8.54. The van der Waals surface area contributed by atoms with Crippen LogP contribution in [0.5, 0.6) is 5.75 Å². The molecule has 1 aliphatic heterocycles. The van der Waals surface area contributed by atoms with E-state index in [1.54, 1.807) is 24.8 Å². The van der Waals surface area contributed by atoms with Crippen molar-refractivity contribution in [2.75, 3.05) is 13.7 Å². The Morgan fingerprint density at radius 3 is 2.80 bits per heavy atom. The van der Waals surface area contributed by atoms with Gasteiger partial charge in [-0.1, -0.05) is 24.3 Å². The van der Waals surface area contributed by atoms with Crippen molar-refractivity contribution >= 4 is 10.9 Å². The Kier molecular flexibility index (Phi) is 4.74. The van der Waals surface area contributed by atoms with E-state index in [1.807, 2.05) is 24.3 Å². The average molecular weight is 405 g/mol. The van der Waals surface area contributed by atoms with Crippen molar-refractivity contribution in [2.24, 2.45) is 13.0 Å². The van der Waals surface area contributed by atoms with Crippen LogP contribution < -0.4 is 21.3 Å². The highest BCUT2D eigenvalue weighted by atomic mass is 16.5. The van der Waals surface area contributed by atoms with E-state index in [-0.39, 0.29) is 11.2 Å². The first kappa shape index (κ1) is 19.1. The third-order valence-electron chi connectivity index (χ3n) is 7.07. The van der Waals surface area contributed by atoms with Crippen LogP contribution in [0.25, 0.3) is 10.9 Å². The zero-order valence-corrected chi connectivity index (χ0v) is 17.4. The molecule has 5 rings (SSSR count). The van der Waals surface area contributed by atoms with Crippen LogP contribution in [0.2, 0.25) is 0 Å². The van der Waals surface area contributed by atoms with Gasteiger partial charge >= 0.3 is 5.69 Å². The molecule has 3 aromatic rings. The summed E-state index contributed by atoms with van der Waals surface area (Å²) >= 11 is 0. The summed E-state index contributed by atoms with van der Waals surface area (Å²) in [6, 6.07) is 14.0. The molecule has 2 aliphatic rings. The lowest BCUT2D eigenvalue weighted by atomic mass is 9.74. The minimum absolute atomic E-state index is 0.193. The van der Waals surface area contributed by atoms with Crippen molar-refractivity contribution in [1.29, 1.82) is 0 Å². The van der Waals surface area contributed by atoms with Gasteiger partial charge in [-0.2, -0.15) is 0 Å². The first-order valence-electron chi connectivity index (χ1n) is 10.7. The van der Waals surface area contributed by atoms with Gasteiger partial charge in [-0.3, -0.25) is 13.9 Å². The smallest absolute Gasteiger partial charge is 0.331 e. The molecule has 0 radical (unpaired) electrons. The number of fused-ring (bicyclic) bond motifs is 4. The molecule has 2 heterocycles. The Morgan fingerprint density at radius 2 is 1.97 bits per heavy atom. The van der Waals surface area contributed by atoms with Gasteiger partial charge in [-0.05, 0) is 54.5 Å². The molecule has 1 aliphatic carbocycles. The summed E-state index contributed by atoms with van der Waals surface area (Å²) in [5, 5.41) is 4.27. The van der Waals surface area contributed by atoms with Crippen LogP contribution in [0.4, 0.5) is 0 Å². The van der Waals surface area contributed by atoms with Gasteiger partial charge in [0.25, 0.3) is 5.56 Å². The average Bonchev–Trinajstić information content (AvgIpc) is 3.20. The minimum atomic E-state index is -0.244. The van der Waals surface area contributed by atoms with E-state index in [1.165, 1.54) is 15.7 Å². The molecule has 6 nitrogen and oxygen atoms in total. The second-order valence-electron chi connectivity index (χ2n) is 8.46. The summed E-state index contributed by atoms with van der Waals surface area (Å²) in [4.78, 5) is 25.8. The Labute approximate surface area is 175 Å². The summed E-state index contributed by atoms with van der Waals surface area (Å²) in [5.74, 6) is 1.97. The highest BCUT2D eigenvalue weighted by molar-refractivity contribution is 5.77. The predicted molar refractivity (Wildman–Crippen MR) is 117 cm³/mol. The van der Waals surface area contributed by atoms with E-state index in [0.717, 1.165) is 31.6 Å². The summed E-state index contributed by atoms with van der Waals surface area (Å²) in [5.41, 5.74) is 2.97. The largest absolute Gasteiger partial charge is 0.496 e. The number of nitrogens with one attached hydrogen (secondary N) is 1. The molecule has 30 heavy (non-hydrogen) atoms. The van der Waals surface area contributed by atoms with Crippen molar-refractivity contribution < 1.29 is 4.74 Å². The van der Waals surface area contributed by atoms with Crippen LogP contribution in [0.15, 0.2) is 52.1 Å². The number of benzene rings is 2. The van der Waals surface area contributed by atoms with E-state index < -0.39 is 0 Å². The van der Waals surface area contributed by atoms with Crippen molar-refractivity contribution in [3.8, 4) is 5.75 Å². The molecule has 1 N–H and O–H groups in total. The number of aromatic nitrogens is 2. The molecule has 0 amide bonds. The first-order chi connectivity index (χ1) is 14.6. The number of hydrogen-bond donors (Lipinski definition) is 1. The molecule has 6 heteroatoms. The molecule has 1 aromatic heterocycles. The number of rotatable bonds is 4. The van der Waals surface area contributed by atoms with Gasteiger partial charge in [0.15, 0.2) is 0 Å². The van der Waals surface area contributed by atoms with Gasteiger partial charge in [0.05, 0.1) is 18.0 Å². The summed E-state index contributed by atoms with van der Waals surface area (Å²) in [7, 11) is 3.47. The zero-order valence-electron chi connectivity index (χ0n) is 17.4. The molecule has 156 valence electrons. The monoisotopic (exact) mass is 405 g/mol. The number of hydrogen-bond acceptors (Lipinski definition) is 4. The van der Waals surface area contributed by atoms with Gasteiger partial charge in [-0.15, -0.1) is 0 Å². The second kappa shape index (κ2) is 7.43. The Hall–Kier alpha value is -2.86. The molecule has 3 atom stereocenters. The fraction of sp³-hybridized carbons (Fsp3) is 0.417. The number of aryl methyl sites for hydroxylation is 1. The quantitative estimate of drug-likeness (QED) is 0.724. The zero-order chi connectivity index (χ0) is 20.8. The normalized spacial score (nSPS) is 22.7. The van der Waals surface area contributed by atoms with Crippen LogP contribution in [0.3, 0.4) is 0 Å². The third-order valence-corrected chi connectivity index (χ3v) is 7.07. The van der Waals surface area contributed by atoms with Crippen LogP contribution in [-0.2, 0) is 20.0 Å². The topological polar surface area (TPSA) is 65.3 Å². The maximum atomic E-state index is 12.9. The summed E-state index contributed by atoms with van der Waals surface area (Å²) in [6.07, 6.45) is 2.88. The molecule has 0 bridgehead atoms. The van der Waals surface area contributed by atoms with Crippen molar-refractivity contribution in [2.45, 2.75) is 37.8 Å². The van der Waals surface area contributed by atoms with Gasteiger partial charge in [-0.25, -0.2) is 4.79 Å². The fourth-order valence-corrected chi connectivity index (χ4v) is 5.55. The van der Waals surface area contributed by atoms with E-state index in [9.17, 15) is 9.59 Å². The van der Waals surface area contributed by atoms with E-state index in [2.05, 4.69) is 17.4 Å². The number of nitrogens with zero attached hydrogens (tertiary/aromatic N) is 2. The maximum absolute atomic E-state index is 12.9. The van der Waals surface area contributed by atoms with Gasteiger partial charge < -0.3 is 10.1 Å². The summed E-state index contributed by atoms with van der Waals surface area (Å²) in [6.45, 7) is 1.36. The van der Waals surface area contributed by atoms with Gasteiger partial charge in [0.2, 0.25) is 0 Å². The lowest BCUT2D eigenvalue weighted by molar-refractivity contribution is 0.337. The third kappa shape index (κ3) is 2.89. The van der Waals surface area contributed by atoms with Crippen molar-refractivity contribution in [1.82, 2.24) is 14.5 Å². The molecule has 1 saturated heterocycles. The Balaban J connectivity index is 1.40. The molecule has 1 unspecified atom stereocenters. The Bertz CT molecular complexity index is 1230. The van der Waals surface area contributed by atoms with Crippen LogP contribution in [0, 0.1) is 5.92 Å². The Morgan fingerprint density at radius 1 is 1.13 bits per heavy atom. The second-order valence-corrected chi connectivity index (χ2v) is 8.46. The molecular formula is C24H27N3O3. The standard InChI is InChI=1S/C24H27N3O3/c1-26-21-8-4-3-6-18(21)23(28)27(24(26)29)13-12-20-16-10-11-17-15(19(16)14-25-20)7-5-9-22(17)30-2/h3-9,16,19-20,25H,10-14H2,1-2H3/t16-,19-,20?/m0/s1. The molecule has 0 saturated carbocycles. The maximum Gasteiger partial charge on any atom is 0.331 e. The SMILES string of the molecule is COc1cccc2c1CC[C@@H]1C(CCn3c(=O)c4ccccc4n(C)c3=O)NC[C@@H]21. The molecular weight excluding hydrogens is 378 g/mol. The minimum Gasteiger partial charge on any atom is -0.496 e. The number of ether oxygens (including phenoxy) is 1. The van der Waals surface area contributed by atoms with E-state index in [0.29, 0.717) is 35.3 Å². The number of methoxy groups -OCH3 is 1. The highest BCUT2D eigenvalue weighted by Crippen LogP contribution is 2.44. The number of para-hydroxylation sites is 1. The molecule has 0 spiro atoms. The fourth-order valence-electron chi connectivity index (χ4n) is 5.55. The van der Waals surface area contributed by atoms with Crippen molar-refractivity contribution in [3.05, 3.63) is 74.4 Å². The van der Waals surface area contributed by atoms with Crippen LogP contribution >= 0.6 is 0 Å². The first-order valence-corrected chi connectivity index (χ1v) is 10.7. The van der Waals surface area contributed by atoms with Gasteiger partial charge in [0, 0.05) is 32.1 Å².